The third-order valence-corrected chi connectivity index (χ3v) is 4.39. The number of amides is 3. The zero-order valence-corrected chi connectivity index (χ0v) is 14.7. The van der Waals surface area contributed by atoms with E-state index in [0.717, 1.165) is 0 Å². The molecule has 3 amide bonds. The quantitative estimate of drug-likeness (QED) is 0.387. The molecule has 0 saturated heterocycles. The maximum Gasteiger partial charge on any atom is 0.261 e. The van der Waals surface area contributed by atoms with Crippen molar-refractivity contribution in [2.24, 2.45) is 0 Å². The van der Waals surface area contributed by atoms with Crippen molar-refractivity contribution in [3.63, 3.8) is 0 Å². The number of carbonyl (C=O) groups excluding carboxylic acids is 4. The molecule has 0 saturated carbocycles. The Balaban J connectivity index is 1.75. The molecule has 23 heavy (non-hydrogen) atoms. The highest BCUT2D eigenvalue weighted by molar-refractivity contribution is 14.1. The Bertz CT molecular complexity index is 610. The van der Waals surface area contributed by atoms with Gasteiger partial charge in [0.15, 0.2) is 0 Å². The number of halogens is 1. The zero-order chi connectivity index (χ0) is 16.8. The van der Waals surface area contributed by atoms with Crippen LogP contribution in [-0.4, -0.2) is 45.9 Å². The molecule has 0 atom stereocenters. The lowest BCUT2D eigenvalue weighted by Crippen LogP contribution is -2.32. The van der Waals surface area contributed by atoms with Crippen molar-refractivity contribution in [1.29, 1.82) is 0 Å². The van der Waals surface area contributed by atoms with Gasteiger partial charge in [-0.15, -0.1) is 0 Å². The van der Waals surface area contributed by atoms with Crippen LogP contribution in [0.5, 0.6) is 0 Å². The van der Waals surface area contributed by atoms with Gasteiger partial charge in [0.05, 0.1) is 15.6 Å². The first kappa shape index (κ1) is 17.6. The van der Waals surface area contributed by atoms with Gasteiger partial charge < -0.3 is 5.32 Å². The van der Waals surface area contributed by atoms with Crippen molar-refractivity contribution in [2.45, 2.75) is 19.3 Å². The van der Waals surface area contributed by atoms with E-state index in [0.29, 0.717) is 34.9 Å². The second-order valence-corrected chi connectivity index (χ2v) is 5.95. The Morgan fingerprint density at radius 3 is 2.22 bits per heavy atom. The van der Waals surface area contributed by atoms with Crippen LogP contribution in [0.4, 0.5) is 0 Å². The first-order valence-corrected chi connectivity index (χ1v) is 8.86. The molecular formula is C16H17IN2O4. The van der Waals surface area contributed by atoms with Gasteiger partial charge in [-0.2, -0.15) is 0 Å². The fourth-order valence-electron chi connectivity index (χ4n) is 2.34. The highest BCUT2D eigenvalue weighted by atomic mass is 127. The molecule has 0 bridgehead atoms. The summed E-state index contributed by atoms with van der Waals surface area (Å²) < 4.78 is 0.438. The predicted octanol–water partition coefficient (Wildman–Crippen LogP) is 1.57. The molecule has 2 rings (SSSR count). The fraction of sp³-hybridized carbons (Fsp3) is 0.375. The number of carbonyl (C=O) groups is 4. The number of fused-ring (bicyclic) bond motifs is 1. The van der Waals surface area contributed by atoms with Crippen molar-refractivity contribution < 1.29 is 19.2 Å². The molecule has 0 aliphatic carbocycles. The van der Waals surface area contributed by atoms with Crippen molar-refractivity contribution in [3.05, 3.63) is 35.4 Å². The smallest absolute Gasteiger partial charge is 0.261 e. The van der Waals surface area contributed by atoms with Crippen LogP contribution in [0.1, 0.15) is 40.0 Å². The third-order valence-electron chi connectivity index (χ3n) is 3.54. The average molecular weight is 428 g/mol. The van der Waals surface area contributed by atoms with Gasteiger partial charge >= 0.3 is 0 Å². The number of benzene rings is 1. The van der Waals surface area contributed by atoms with Gasteiger partial charge in [0.1, 0.15) is 5.78 Å². The van der Waals surface area contributed by atoms with Crippen LogP contribution >= 0.6 is 22.6 Å². The Morgan fingerprint density at radius 1 is 1.04 bits per heavy atom. The second-order valence-electron chi connectivity index (χ2n) is 5.18. The fourth-order valence-corrected chi connectivity index (χ4v) is 2.72. The summed E-state index contributed by atoms with van der Waals surface area (Å²) >= 11 is 1.99. The lowest BCUT2D eigenvalue weighted by atomic mass is 10.1. The van der Waals surface area contributed by atoms with E-state index in [1.165, 1.54) is 4.90 Å². The van der Waals surface area contributed by atoms with Crippen molar-refractivity contribution in [3.8, 4) is 0 Å². The van der Waals surface area contributed by atoms with E-state index < -0.39 is 0 Å². The molecule has 0 radical (unpaired) electrons. The van der Waals surface area contributed by atoms with Crippen LogP contribution in [-0.2, 0) is 9.59 Å². The molecule has 1 aromatic rings. The summed E-state index contributed by atoms with van der Waals surface area (Å²) in [6.07, 6.45) is 0.941. The summed E-state index contributed by atoms with van der Waals surface area (Å²) in [5, 5.41) is 2.66. The van der Waals surface area contributed by atoms with Crippen LogP contribution < -0.4 is 5.32 Å². The molecule has 1 aromatic carbocycles. The summed E-state index contributed by atoms with van der Waals surface area (Å²) in [7, 11) is 0. The molecule has 6 nitrogen and oxygen atoms in total. The summed E-state index contributed by atoms with van der Waals surface area (Å²) in [6, 6.07) is 6.70. The number of hydrogen-bond donors (Lipinski definition) is 1. The Morgan fingerprint density at radius 2 is 1.65 bits per heavy atom. The first-order chi connectivity index (χ1) is 11.0. The molecule has 1 aliphatic heterocycles. The summed E-state index contributed by atoms with van der Waals surface area (Å²) in [4.78, 5) is 48.2. The van der Waals surface area contributed by atoms with Gasteiger partial charge in [-0.25, -0.2) is 0 Å². The Hall–Kier alpha value is -1.77. The molecule has 1 heterocycles. The van der Waals surface area contributed by atoms with E-state index in [1.807, 2.05) is 22.6 Å². The average Bonchev–Trinajstić information content (AvgIpc) is 2.80. The Labute approximate surface area is 147 Å². The number of Topliss-reactive ketones (excluding diaryl/α,β-unsaturated/α-hetero) is 1. The molecular weight excluding hydrogens is 411 g/mol. The zero-order valence-electron chi connectivity index (χ0n) is 12.5. The number of nitrogens with one attached hydrogen (secondary N) is 1. The number of rotatable bonds is 8. The number of alkyl halides is 1. The minimum atomic E-state index is -0.307. The van der Waals surface area contributed by atoms with E-state index in [4.69, 9.17) is 0 Å². The first-order valence-electron chi connectivity index (χ1n) is 7.34. The normalized spacial score (nSPS) is 13.2. The molecule has 122 valence electrons. The van der Waals surface area contributed by atoms with Crippen LogP contribution in [0.2, 0.25) is 0 Å². The minimum Gasteiger partial charge on any atom is -0.356 e. The largest absolute Gasteiger partial charge is 0.356 e. The monoisotopic (exact) mass is 428 g/mol. The van der Waals surface area contributed by atoms with E-state index in [9.17, 15) is 19.2 Å². The van der Waals surface area contributed by atoms with Gasteiger partial charge in [0.2, 0.25) is 5.91 Å². The summed E-state index contributed by atoms with van der Waals surface area (Å²) in [6.45, 7) is 0.542. The molecule has 1 aliphatic rings. The van der Waals surface area contributed by atoms with Crippen molar-refractivity contribution >= 4 is 46.1 Å². The van der Waals surface area contributed by atoms with Crippen LogP contribution in [0.15, 0.2) is 24.3 Å². The maximum absolute atomic E-state index is 12.1. The van der Waals surface area contributed by atoms with E-state index >= 15 is 0 Å². The number of ketones is 1. The Kier molecular flexibility index (Phi) is 6.26. The maximum atomic E-state index is 12.1. The third kappa shape index (κ3) is 4.37. The number of imide groups is 1. The second kappa shape index (κ2) is 8.19. The van der Waals surface area contributed by atoms with Crippen LogP contribution in [0.3, 0.4) is 0 Å². The molecule has 0 unspecified atom stereocenters. The number of hydrogen-bond acceptors (Lipinski definition) is 4. The van der Waals surface area contributed by atoms with Crippen molar-refractivity contribution in [2.75, 3.05) is 17.5 Å². The van der Waals surface area contributed by atoms with E-state index in [1.54, 1.807) is 24.3 Å². The SMILES string of the molecule is O=C(CI)CCNC(=O)CCCN1C(=O)c2ccccc2C1=O. The van der Waals surface area contributed by atoms with Gasteiger partial charge in [0.25, 0.3) is 11.8 Å². The molecule has 0 aromatic heterocycles. The lowest BCUT2D eigenvalue weighted by Gasteiger charge is -2.13. The van der Waals surface area contributed by atoms with Gasteiger partial charge in [-0.05, 0) is 18.6 Å². The topological polar surface area (TPSA) is 83.6 Å². The van der Waals surface area contributed by atoms with Gasteiger partial charge in [-0.1, -0.05) is 34.7 Å². The standard InChI is InChI=1S/C16H17IN2O4/c17-10-11(20)7-8-18-14(21)6-3-9-19-15(22)12-4-1-2-5-13(12)16(19)23/h1-2,4-5H,3,6-10H2,(H,18,21). The number of nitrogens with zero attached hydrogens (tertiary/aromatic N) is 1. The molecule has 1 N–H and O–H groups in total. The highest BCUT2D eigenvalue weighted by Gasteiger charge is 2.34. The highest BCUT2D eigenvalue weighted by Crippen LogP contribution is 2.22. The summed E-state index contributed by atoms with van der Waals surface area (Å²) in [5.41, 5.74) is 0.832. The summed E-state index contributed by atoms with van der Waals surface area (Å²) in [5.74, 6) is -0.697. The molecule has 7 heteroatoms. The lowest BCUT2D eigenvalue weighted by molar-refractivity contribution is -0.121. The van der Waals surface area contributed by atoms with Crippen molar-refractivity contribution in [1.82, 2.24) is 10.2 Å². The predicted molar refractivity (Wildman–Crippen MR) is 92.6 cm³/mol. The van der Waals surface area contributed by atoms with Gasteiger partial charge in [-0.3, -0.25) is 24.1 Å². The minimum absolute atomic E-state index is 0.0944. The van der Waals surface area contributed by atoms with E-state index in [-0.39, 0.29) is 36.5 Å². The van der Waals surface area contributed by atoms with Crippen LogP contribution in [0.25, 0.3) is 0 Å². The molecule has 0 spiro atoms. The molecule has 0 fully saturated rings. The van der Waals surface area contributed by atoms with Gasteiger partial charge in [0, 0.05) is 25.9 Å². The van der Waals surface area contributed by atoms with Crippen LogP contribution in [0, 0.1) is 0 Å². The van der Waals surface area contributed by atoms with E-state index in [2.05, 4.69) is 5.32 Å².